The van der Waals surface area contributed by atoms with Gasteiger partial charge in [-0.15, -0.1) is 10.2 Å². The van der Waals surface area contributed by atoms with E-state index in [4.69, 9.17) is 5.73 Å². The van der Waals surface area contributed by atoms with Gasteiger partial charge in [-0.2, -0.15) is 0 Å². The van der Waals surface area contributed by atoms with Gasteiger partial charge in [-0.25, -0.2) is 0 Å². The van der Waals surface area contributed by atoms with Crippen LogP contribution < -0.4 is 5.73 Å². The molecule has 1 heterocycles. The summed E-state index contributed by atoms with van der Waals surface area (Å²) in [6, 6.07) is 10.1. The Labute approximate surface area is 95.1 Å². The van der Waals surface area contributed by atoms with E-state index in [1.54, 1.807) is 6.33 Å². The van der Waals surface area contributed by atoms with Gasteiger partial charge in [0.05, 0.1) is 6.04 Å². The van der Waals surface area contributed by atoms with Crippen molar-refractivity contribution in [2.75, 3.05) is 0 Å². The molecule has 0 aliphatic carbocycles. The second kappa shape index (κ2) is 4.90. The first-order valence-corrected chi connectivity index (χ1v) is 5.48. The van der Waals surface area contributed by atoms with Crippen molar-refractivity contribution in [2.45, 2.75) is 25.9 Å². The van der Waals surface area contributed by atoms with Crippen LogP contribution in [0, 0.1) is 0 Å². The van der Waals surface area contributed by atoms with Gasteiger partial charge < -0.3 is 10.3 Å². The largest absolute Gasteiger partial charge is 0.321 e. The molecule has 16 heavy (non-hydrogen) atoms. The van der Waals surface area contributed by atoms with Gasteiger partial charge in [0.25, 0.3) is 0 Å². The number of nitrogens with two attached hydrogens (primary N) is 1. The predicted molar refractivity (Wildman–Crippen MR) is 62.8 cm³/mol. The molecule has 0 saturated heterocycles. The lowest BCUT2D eigenvalue weighted by molar-refractivity contribution is 0.599. The van der Waals surface area contributed by atoms with Crippen LogP contribution in [-0.2, 0) is 13.0 Å². The van der Waals surface area contributed by atoms with Crippen molar-refractivity contribution >= 4 is 0 Å². The molecule has 0 saturated carbocycles. The Morgan fingerprint density at radius 1 is 1.31 bits per heavy atom. The van der Waals surface area contributed by atoms with Gasteiger partial charge in [0.1, 0.15) is 12.2 Å². The third-order valence-electron chi connectivity index (χ3n) is 2.62. The molecule has 0 aliphatic heterocycles. The van der Waals surface area contributed by atoms with Crippen LogP contribution in [0.25, 0.3) is 0 Å². The fourth-order valence-corrected chi connectivity index (χ4v) is 1.75. The molecule has 2 rings (SSSR count). The fraction of sp³-hybridized carbons (Fsp3) is 0.333. The SMILES string of the molecule is CCn1cnnc1C(N)Cc1ccccc1. The fourth-order valence-electron chi connectivity index (χ4n) is 1.75. The molecule has 0 spiro atoms. The molecule has 1 atom stereocenters. The van der Waals surface area contributed by atoms with Gasteiger partial charge in [0.15, 0.2) is 0 Å². The van der Waals surface area contributed by atoms with E-state index in [2.05, 4.69) is 29.3 Å². The standard InChI is InChI=1S/C12H16N4/c1-2-16-9-14-15-12(16)11(13)8-10-6-4-3-5-7-10/h3-7,9,11H,2,8,13H2,1H3. The molecule has 1 unspecified atom stereocenters. The van der Waals surface area contributed by atoms with Gasteiger partial charge in [0, 0.05) is 6.54 Å². The van der Waals surface area contributed by atoms with E-state index in [1.165, 1.54) is 5.56 Å². The highest BCUT2D eigenvalue weighted by Gasteiger charge is 2.13. The van der Waals surface area contributed by atoms with Crippen molar-refractivity contribution in [2.24, 2.45) is 5.73 Å². The van der Waals surface area contributed by atoms with Crippen LogP contribution in [0.2, 0.25) is 0 Å². The second-order valence-corrected chi connectivity index (χ2v) is 3.77. The van der Waals surface area contributed by atoms with Crippen molar-refractivity contribution in [1.82, 2.24) is 14.8 Å². The van der Waals surface area contributed by atoms with Crippen LogP contribution in [0.15, 0.2) is 36.7 Å². The smallest absolute Gasteiger partial charge is 0.150 e. The Morgan fingerprint density at radius 3 is 2.75 bits per heavy atom. The Balaban J connectivity index is 2.11. The molecule has 0 aliphatic rings. The van der Waals surface area contributed by atoms with Crippen LogP contribution in [0.5, 0.6) is 0 Å². The van der Waals surface area contributed by atoms with Gasteiger partial charge in [-0.1, -0.05) is 30.3 Å². The zero-order valence-electron chi connectivity index (χ0n) is 9.37. The lowest BCUT2D eigenvalue weighted by Gasteiger charge is -2.11. The third-order valence-corrected chi connectivity index (χ3v) is 2.62. The van der Waals surface area contributed by atoms with E-state index in [-0.39, 0.29) is 6.04 Å². The summed E-state index contributed by atoms with van der Waals surface area (Å²) in [7, 11) is 0. The minimum absolute atomic E-state index is 0.0927. The van der Waals surface area contributed by atoms with E-state index in [1.807, 2.05) is 22.8 Å². The molecule has 1 aromatic carbocycles. The molecular formula is C12H16N4. The first kappa shape index (κ1) is 10.8. The zero-order valence-corrected chi connectivity index (χ0v) is 9.37. The number of hydrogen-bond donors (Lipinski definition) is 1. The van der Waals surface area contributed by atoms with E-state index >= 15 is 0 Å². The van der Waals surface area contributed by atoms with Crippen LogP contribution >= 0.6 is 0 Å². The van der Waals surface area contributed by atoms with Gasteiger partial charge in [-0.3, -0.25) is 0 Å². The highest BCUT2D eigenvalue weighted by molar-refractivity contribution is 5.17. The number of aryl methyl sites for hydroxylation is 1. The Morgan fingerprint density at radius 2 is 2.06 bits per heavy atom. The van der Waals surface area contributed by atoms with Crippen molar-refractivity contribution in [3.8, 4) is 0 Å². The lowest BCUT2D eigenvalue weighted by atomic mass is 10.1. The van der Waals surface area contributed by atoms with Crippen LogP contribution in [0.4, 0.5) is 0 Å². The summed E-state index contributed by atoms with van der Waals surface area (Å²) in [4.78, 5) is 0. The van der Waals surface area contributed by atoms with Crippen molar-refractivity contribution in [3.63, 3.8) is 0 Å². The average Bonchev–Trinajstić information content (AvgIpc) is 2.78. The molecular weight excluding hydrogens is 200 g/mol. The summed E-state index contributed by atoms with van der Waals surface area (Å²) >= 11 is 0. The maximum absolute atomic E-state index is 6.12. The molecule has 2 N–H and O–H groups in total. The molecule has 84 valence electrons. The monoisotopic (exact) mass is 216 g/mol. The predicted octanol–water partition coefficient (Wildman–Crippen LogP) is 1.54. The number of hydrogen-bond acceptors (Lipinski definition) is 3. The van der Waals surface area contributed by atoms with E-state index in [0.717, 1.165) is 18.8 Å². The summed E-state index contributed by atoms with van der Waals surface area (Å²) in [5, 5.41) is 7.96. The summed E-state index contributed by atoms with van der Waals surface area (Å²) in [6.45, 7) is 2.91. The van der Waals surface area contributed by atoms with E-state index in [0.29, 0.717) is 0 Å². The zero-order chi connectivity index (χ0) is 11.4. The molecule has 4 heteroatoms. The maximum atomic E-state index is 6.12. The maximum Gasteiger partial charge on any atom is 0.150 e. The summed E-state index contributed by atoms with van der Waals surface area (Å²) in [5.41, 5.74) is 7.35. The Hall–Kier alpha value is -1.68. The van der Waals surface area contributed by atoms with Gasteiger partial charge >= 0.3 is 0 Å². The van der Waals surface area contributed by atoms with Crippen LogP contribution in [0.1, 0.15) is 24.4 Å². The highest BCUT2D eigenvalue weighted by atomic mass is 15.3. The number of benzene rings is 1. The molecule has 0 fully saturated rings. The number of nitrogens with zero attached hydrogens (tertiary/aromatic N) is 3. The topological polar surface area (TPSA) is 56.7 Å². The Bertz CT molecular complexity index is 435. The quantitative estimate of drug-likeness (QED) is 0.843. The lowest BCUT2D eigenvalue weighted by Crippen LogP contribution is -2.18. The second-order valence-electron chi connectivity index (χ2n) is 3.77. The molecule has 0 bridgehead atoms. The van der Waals surface area contributed by atoms with Gasteiger partial charge in [-0.05, 0) is 18.9 Å². The highest BCUT2D eigenvalue weighted by Crippen LogP contribution is 2.13. The molecule has 2 aromatic rings. The van der Waals surface area contributed by atoms with Gasteiger partial charge in [0.2, 0.25) is 0 Å². The summed E-state index contributed by atoms with van der Waals surface area (Å²) in [6.07, 6.45) is 2.51. The summed E-state index contributed by atoms with van der Waals surface area (Å²) < 4.78 is 1.98. The van der Waals surface area contributed by atoms with Crippen molar-refractivity contribution in [1.29, 1.82) is 0 Å². The minimum Gasteiger partial charge on any atom is -0.321 e. The molecule has 4 nitrogen and oxygen atoms in total. The van der Waals surface area contributed by atoms with Crippen molar-refractivity contribution < 1.29 is 0 Å². The third kappa shape index (κ3) is 2.28. The Kier molecular flexibility index (Phi) is 3.31. The number of aromatic nitrogens is 3. The minimum atomic E-state index is -0.0927. The average molecular weight is 216 g/mol. The van der Waals surface area contributed by atoms with E-state index < -0.39 is 0 Å². The number of rotatable bonds is 4. The normalized spacial score (nSPS) is 12.6. The van der Waals surface area contributed by atoms with Crippen molar-refractivity contribution in [3.05, 3.63) is 48.0 Å². The molecule has 0 radical (unpaired) electrons. The van der Waals surface area contributed by atoms with E-state index in [9.17, 15) is 0 Å². The van der Waals surface area contributed by atoms with Crippen LogP contribution in [-0.4, -0.2) is 14.8 Å². The van der Waals surface area contributed by atoms with Crippen LogP contribution in [0.3, 0.4) is 0 Å². The first-order chi connectivity index (χ1) is 7.81. The molecule has 0 amide bonds. The molecule has 1 aromatic heterocycles. The summed E-state index contributed by atoms with van der Waals surface area (Å²) in [5.74, 6) is 0.853. The first-order valence-electron chi connectivity index (χ1n) is 5.48.